The Morgan fingerprint density at radius 1 is 1.16 bits per heavy atom. The smallest absolute Gasteiger partial charge is 0.257 e. The molecule has 0 spiro atoms. The molecule has 1 amide bonds. The summed E-state index contributed by atoms with van der Waals surface area (Å²) in [6.07, 6.45) is 10.8. The number of aromatic amines is 1. The molecule has 4 rings (SSSR count). The van der Waals surface area contributed by atoms with Gasteiger partial charge in [-0.3, -0.25) is 9.59 Å². The van der Waals surface area contributed by atoms with E-state index in [4.69, 9.17) is 0 Å². The molecule has 0 unspecified atom stereocenters. The van der Waals surface area contributed by atoms with Crippen LogP contribution in [0, 0.1) is 13.8 Å². The highest BCUT2D eigenvalue weighted by atomic mass is 16.2. The van der Waals surface area contributed by atoms with E-state index in [-0.39, 0.29) is 16.9 Å². The minimum atomic E-state index is -0.264. The maximum absolute atomic E-state index is 12.9. The van der Waals surface area contributed by atoms with Gasteiger partial charge in [0.15, 0.2) is 5.43 Å². The van der Waals surface area contributed by atoms with E-state index in [1.807, 2.05) is 32.2 Å². The number of pyridine rings is 1. The van der Waals surface area contributed by atoms with Crippen molar-refractivity contribution in [2.45, 2.75) is 58.9 Å². The zero-order chi connectivity index (χ0) is 21.8. The normalized spacial score (nSPS) is 13.9. The summed E-state index contributed by atoms with van der Waals surface area (Å²) in [5.41, 5.74) is 5.46. The molecule has 1 aromatic carbocycles. The molecule has 2 N–H and O–H groups in total. The lowest BCUT2D eigenvalue weighted by atomic mass is 9.97. The zero-order valence-corrected chi connectivity index (χ0v) is 18.5. The highest BCUT2D eigenvalue weighted by Crippen LogP contribution is 2.20. The van der Waals surface area contributed by atoms with Gasteiger partial charge in [-0.05, 0) is 64.0 Å². The molecule has 2 aromatic heterocycles. The van der Waals surface area contributed by atoms with Crippen molar-refractivity contribution < 1.29 is 4.79 Å². The van der Waals surface area contributed by atoms with Gasteiger partial charge in [-0.25, -0.2) is 0 Å². The van der Waals surface area contributed by atoms with Gasteiger partial charge < -0.3 is 14.9 Å². The largest absolute Gasteiger partial charge is 0.361 e. The van der Waals surface area contributed by atoms with Crippen LogP contribution in [0.1, 0.15) is 59.4 Å². The molecule has 162 valence electrons. The number of carbonyl (C=O) groups is 1. The molecule has 5 nitrogen and oxygen atoms in total. The van der Waals surface area contributed by atoms with Crippen LogP contribution in [0.3, 0.4) is 0 Å². The quantitative estimate of drug-likeness (QED) is 0.542. The molecule has 1 aliphatic carbocycles. The van der Waals surface area contributed by atoms with Crippen molar-refractivity contribution in [3.63, 3.8) is 0 Å². The number of aromatic nitrogens is 2. The molecule has 0 fully saturated rings. The number of benzene rings is 1. The van der Waals surface area contributed by atoms with Gasteiger partial charge in [0.05, 0.1) is 0 Å². The average molecular weight is 418 g/mol. The van der Waals surface area contributed by atoms with E-state index in [1.165, 1.54) is 29.4 Å². The number of rotatable bonds is 7. The molecule has 5 heteroatoms. The summed E-state index contributed by atoms with van der Waals surface area (Å²) in [7, 11) is 0. The van der Waals surface area contributed by atoms with Gasteiger partial charge in [0.2, 0.25) is 0 Å². The van der Waals surface area contributed by atoms with Crippen LogP contribution in [0.5, 0.6) is 0 Å². The molecular formula is C26H31N3O2. The van der Waals surface area contributed by atoms with E-state index in [2.05, 4.69) is 33.1 Å². The van der Waals surface area contributed by atoms with E-state index >= 15 is 0 Å². The van der Waals surface area contributed by atoms with Crippen LogP contribution in [0.2, 0.25) is 0 Å². The molecule has 0 atom stereocenters. The highest BCUT2D eigenvalue weighted by molar-refractivity contribution is 5.95. The number of amides is 1. The summed E-state index contributed by atoms with van der Waals surface area (Å²) in [4.78, 5) is 28.8. The van der Waals surface area contributed by atoms with Crippen LogP contribution in [0.25, 0.3) is 10.9 Å². The molecule has 1 aliphatic rings. The molecule has 0 bridgehead atoms. The van der Waals surface area contributed by atoms with Gasteiger partial charge in [-0.1, -0.05) is 29.8 Å². The topological polar surface area (TPSA) is 66.9 Å². The predicted molar refractivity (Wildman–Crippen MR) is 126 cm³/mol. The summed E-state index contributed by atoms with van der Waals surface area (Å²) in [6.45, 7) is 5.10. The van der Waals surface area contributed by atoms with Crippen molar-refractivity contribution in [3.8, 4) is 0 Å². The Hall–Kier alpha value is -3.08. The average Bonchev–Trinajstić information content (AvgIpc) is 3.17. The Morgan fingerprint density at radius 3 is 2.81 bits per heavy atom. The van der Waals surface area contributed by atoms with Crippen LogP contribution in [0.15, 0.2) is 53.0 Å². The van der Waals surface area contributed by atoms with E-state index < -0.39 is 0 Å². The van der Waals surface area contributed by atoms with Crippen LogP contribution >= 0.6 is 0 Å². The van der Waals surface area contributed by atoms with Gasteiger partial charge in [0.25, 0.3) is 5.91 Å². The van der Waals surface area contributed by atoms with Crippen molar-refractivity contribution in [2.75, 3.05) is 6.54 Å². The summed E-state index contributed by atoms with van der Waals surface area (Å²) < 4.78 is 2.09. The fourth-order valence-electron chi connectivity index (χ4n) is 4.67. The third-order valence-electron chi connectivity index (χ3n) is 6.40. The van der Waals surface area contributed by atoms with Crippen molar-refractivity contribution in [3.05, 3.63) is 80.9 Å². The second-order valence-corrected chi connectivity index (χ2v) is 8.49. The minimum absolute atomic E-state index is 0.201. The molecule has 0 radical (unpaired) electrons. The van der Waals surface area contributed by atoms with Crippen molar-refractivity contribution >= 4 is 16.8 Å². The van der Waals surface area contributed by atoms with Gasteiger partial charge in [0, 0.05) is 47.6 Å². The number of nitrogens with one attached hydrogen (secondary N) is 2. The van der Waals surface area contributed by atoms with Crippen molar-refractivity contribution in [1.29, 1.82) is 0 Å². The second kappa shape index (κ2) is 9.38. The van der Waals surface area contributed by atoms with E-state index in [0.717, 1.165) is 42.6 Å². The summed E-state index contributed by atoms with van der Waals surface area (Å²) in [6, 6.07) is 9.84. The Kier molecular flexibility index (Phi) is 6.40. The van der Waals surface area contributed by atoms with Crippen LogP contribution in [-0.4, -0.2) is 22.0 Å². The number of aryl methyl sites for hydroxylation is 2. The van der Waals surface area contributed by atoms with E-state index in [1.54, 1.807) is 6.07 Å². The Balaban J connectivity index is 1.48. The lowest BCUT2D eigenvalue weighted by Crippen LogP contribution is -2.32. The lowest BCUT2D eigenvalue weighted by Gasteiger charge is -2.18. The predicted octanol–water partition coefficient (Wildman–Crippen LogP) is 4.81. The van der Waals surface area contributed by atoms with E-state index in [9.17, 15) is 9.59 Å². The van der Waals surface area contributed by atoms with Gasteiger partial charge in [-0.2, -0.15) is 0 Å². The number of allylic oxidation sites excluding steroid dienone is 1. The fourth-order valence-corrected chi connectivity index (χ4v) is 4.67. The molecule has 0 saturated heterocycles. The highest BCUT2D eigenvalue weighted by Gasteiger charge is 2.18. The minimum Gasteiger partial charge on any atom is -0.361 e. The maximum atomic E-state index is 12.9. The number of hydrogen-bond donors (Lipinski definition) is 2. The SMILES string of the molecule is Cc1cc(=O)c(C(=O)NCCC2=CCCCC2)c(C)n1CCc1c[nH]c2ccccc12. The molecule has 0 aliphatic heterocycles. The van der Waals surface area contributed by atoms with E-state index in [0.29, 0.717) is 13.1 Å². The van der Waals surface area contributed by atoms with Crippen molar-refractivity contribution in [2.24, 2.45) is 0 Å². The lowest BCUT2D eigenvalue weighted by molar-refractivity contribution is 0.0951. The number of para-hydroxylation sites is 1. The monoisotopic (exact) mass is 417 g/mol. The van der Waals surface area contributed by atoms with Crippen LogP contribution < -0.4 is 10.7 Å². The first-order chi connectivity index (χ1) is 15.0. The first-order valence-corrected chi connectivity index (χ1v) is 11.3. The summed E-state index contributed by atoms with van der Waals surface area (Å²) >= 11 is 0. The Morgan fingerprint density at radius 2 is 2.00 bits per heavy atom. The first-order valence-electron chi connectivity index (χ1n) is 11.3. The fraction of sp³-hybridized carbons (Fsp3) is 0.385. The third-order valence-corrected chi connectivity index (χ3v) is 6.40. The zero-order valence-electron chi connectivity index (χ0n) is 18.5. The summed E-state index contributed by atoms with van der Waals surface area (Å²) in [5, 5.41) is 4.19. The van der Waals surface area contributed by atoms with Gasteiger partial charge >= 0.3 is 0 Å². The number of nitrogens with zero attached hydrogens (tertiary/aromatic N) is 1. The second-order valence-electron chi connectivity index (χ2n) is 8.49. The Labute approximate surface area is 183 Å². The molecule has 3 aromatic rings. The third kappa shape index (κ3) is 4.66. The van der Waals surface area contributed by atoms with Gasteiger partial charge in [0.1, 0.15) is 5.56 Å². The van der Waals surface area contributed by atoms with Crippen LogP contribution in [0.4, 0.5) is 0 Å². The molecule has 0 saturated carbocycles. The number of H-pyrrole nitrogens is 1. The number of carbonyl (C=O) groups excluding carboxylic acids is 1. The van der Waals surface area contributed by atoms with Crippen LogP contribution in [-0.2, 0) is 13.0 Å². The first kappa shape index (κ1) is 21.2. The standard InChI is InChI=1S/C26H31N3O2/c1-18-16-24(30)25(26(31)27-14-12-20-8-4-3-5-9-20)19(2)29(18)15-13-21-17-28-23-11-7-6-10-22(21)23/h6-8,10-11,16-17,28H,3-5,9,12-15H2,1-2H3,(H,27,31). The number of fused-ring (bicyclic) bond motifs is 1. The number of hydrogen-bond acceptors (Lipinski definition) is 2. The summed E-state index contributed by atoms with van der Waals surface area (Å²) in [5.74, 6) is -0.264. The maximum Gasteiger partial charge on any atom is 0.257 e. The molecule has 2 heterocycles. The molecular weight excluding hydrogens is 386 g/mol. The Bertz CT molecular complexity index is 1180. The van der Waals surface area contributed by atoms with Gasteiger partial charge in [-0.15, -0.1) is 0 Å². The molecule has 31 heavy (non-hydrogen) atoms. The van der Waals surface area contributed by atoms with Crippen molar-refractivity contribution in [1.82, 2.24) is 14.9 Å².